The molecule has 4 aromatic carbocycles. The van der Waals surface area contributed by atoms with Gasteiger partial charge in [-0.05, 0) is 207 Å². The molecule has 0 aliphatic carbocycles. The molecule has 0 bridgehead atoms. The maximum absolute atomic E-state index is 12.9. The second-order valence-corrected chi connectivity index (χ2v) is 35.1. The van der Waals surface area contributed by atoms with Crippen LogP contribution in [0.4, 0.5) is 33.6 Å². The first-order chi connectivity index (χ1) is 62.5. The number of amides is 9. The monoisotopic (exact) mass is 1920 g/mol. The highest BCUT2D eigenvalue weighted by Gasteiger charge is 2.40. The number of rotatable bonds is 38. The van der Waals surface area contributed by atoms with Crippen molar-refractivity contribution in [1.82, 2.24) is 52.3 Å². The van der Waals surface area contributed by atoms with E-state index < -0.39 is 141 Å². The van der Waals surface area contributed by atoms with E-state index in [2.05, 4.69) is 68.6 Å². The van der Waals surface area contributed by atoms with Crippen molar-refractivity contribution in [3.63, 3.8) is 0 Å². The second kappa shape index (κ2) is 67.8. The Morgan fingerprint density at radius 1 is 0.424 bits per heavy atom. The van der Waals surface area contributed by atoms with Crippen LogP contribution in [0.1, 0.15) is 200 Å². The highest BCUT2D eigenvalue weighted by molar-refractivity contribution is 8.26. The summed E-state index contributed by atoms with van der Waals surface area (Å²) < 4.78 is 59.2. The zero-order chi connectivity index (χ0) is 99.0. The molecule has 3 saturated heterocycles. The molecular weight excluding hydrogens is 1790 g/mol. The van der Waals surface area contributed by atoms with E-state index in [-0.39, 0.29) is 44.8 Å². The van der Waals surface area contributed by atoms with Crippen LogP contribution in [-0.2, 0) is 117 Å². The van der Waals surface area contributed by atoms with Gasteiger partial charge in [-0.15, -0.1) is 0 Å². The van der Waals surface area contributed by atoms with Gasteiger partial charge in [-0.1, -0.05) is 121 Å². The van der Waals surface area contributed by atoms with Crippen molar-refractivity contribution in [2.24, 2.45) is 5.73 Å². The molecule has 132 heavy (non-hydrogen) atoms. The van der Waals surface area contributed by atoms with Gasteiger partial charge in [-0.2, -0.15) is 0 Å². The number of alkyl carbamates (subject to hydrolysis) is 5. The fourth-order valence-corrected chi connectivity index (χ4v) is 12.1. The summed E-state index contributed by atoms with van der Waals surface area (Å²) in [6.07, 6.45) is 6.81. The van der Waals surface area contributed by atoms with E-state index in [1.54, 1.807) is 62.3 Å². The van der Waals surface area contributed by atoms with Crippen molar-refractivity contribution in [1.29, 1.82) is 0 Å². The number of ether oxygens (including phenoxy) is 10. The van der Waals surface area contributed by atoms with Crippen molar-refractivity contribution in [3.8, 4) is 0 Å². The van der Waals surface area contributed by atoms with Gasteiger partial charge in [0.05, 0.1) is 27.4 Å². The molecule has 3 aliphatic rings. The standard InChI is InChI=1S/C25H37N3O7.C20H29N3O5.C19H28N2O6.C15H22N2O4.C10H17NO4.CH4O.Cl2OS/c1-25(2,3)35-24(32)28-16-10-14-20(28)21(29)27-19(22(30)33-4)13-8-9-15-26-23(31)34-17-18-11-6-5-7-12-18;1-27-19(25)17(23-18(24)16-11-7-13-21-16)10-5-6-12-22-20(26)28-14-15-8-3-2-4-9-15;1-19(2,3)27-18(25)21-15(16(22)23)11-7-8-12-20-17(24)26-13-14-9-5-4-6-10-14;1-20-14(18)13(16)9-5-6-10-17-15(19)21-11-12-7-3-2-4-8-12;1-10(2,3)15-9(14)11-6-4-5-7(11)8(12)13;1-2;1-4(2)3/h5-7,11-12,19-20H,8-10,13-17H2,1-4H3,(H,26,31)(H,27,29);2-4,8-9,16-17,21H,5-7,10-14H2,1H3,(H,22,26)(H,23,24);4-6,9-10,15H,7-8,11-13H2,1-3H3,(H,20,24)(H,21,25)(H,22,23);2-4,7-8,13H,5-6,9-11,16H2,1H3,(H,17,19);7H,4-6H2,1-3H3,(H,12,13);2H,1H3;/t19-,20-;16-,17-;15-;13-;7-;;/m00000../s1. The minimum Gasteiger partial charge on any atom is -0.480 e. The number of likely N-dealkylation sites (tertiary alicyclic amines) is 2. The molecule has 0 aromatic heterocycles. The van der Waals surface area contributed by atoms with Crippen molar-refractivity contribution in [3.05, 3.63) is 144 Å². The number of nitrogens with zero attached hydrogens (tertiary/aromatic N) is 2. The number of hydrogen-bond acceptors (Lipinski definition) is 28. The summed E-state index contributed by atoms with van der Waals surface area (Å²) in [7, 11) is 12.2. The second-order valence-electron chi connectivity index (χ2n) is 32.6. The van der Waals surface area contributed by atoms with Crippen LogP contribution < -0.4 is 48.3 Å². The summed E-state index contributed by atoms with van der Waals surface area (Å²) >= 11 is 0. The van der Waals surface area contributed by atoms with Crippen molar-refractivity contribution in [2.75, 3.05) is 74.3 Å². The van der Waals surface area contributed by atoms with Crippen molar-refractivity contribution >= 4 is 115 Å². The minimum atomic E-state index is -1.67. The van der Waals surface area contributed by atoms with E-state index in [4.69, 9.17) is 62.8 Å². The van der Waals surface area contributed by atoms with Crippen LogP contribution in [0.3, 0.4) is 0 Å². The predicted octanol–water partition coefficient (Wildman–Crippen LogP) is 11.4. The number of aliphatic hydroxyl groups excluding tert-OH is 1. The summed E-state index contributed by atoms with van der Waals surface area (Å²) in [4.78, 5) is 167. The molecular formula is C90H137Cl2N11O28S. The van der Waals surface area contributed by atoms with Crippen LogP contribution >= 0.6 is 21.4 Å². The largest absolute Gasteiger partial charge is 0.480 e. The predicted molar refractivity (Wildman–Crippen MR) is 491 cm³/mol. The zero-order valence-electron chi connectivity index (χ0n) is 77.8. The van der Waals surface area contributed by atoms with Crippen LogP contribution in [0.25, 0.3) is 0 Å². The highest BCUT2D eigenvalue weighted by Crippen LogP contribution is 2.24. The van der Waals surface area contributed by atoms with E-state index >= 15 is 0 Å². The molecule has 7 rings (SSSR count). The molecule has 3 heterocycles. The average molecular weight is 1920 g/mol. The first-order valence-corrected chi connectivity index (χ1v) is 46.1. The molecule has 39 nitrogen and oxygen atoms in total. The van der Waals surface area contributed by atoms with Gasteiger partial charge in [-0.25, -0.2) is 56.9 Å². The Morgan fingerprint density at radius 2 is 0.735 bits per heavy atom. The molecule has 7 atom stereocenters. The number of halogens is 2. The number of unbranched alkanes of at least 4 members (excludes halogenated alkanes) is 4. The van der Waals surface area contributed by atoms with Crippen LogP contribution in [0.15, 0.2) is 121 Å². The molecule has 4 aromatic rings. The maximum atomic E-state index is 12.9. The number of carboxylic acids is 2. The number of carbonyl (C=O) groups excluding carboxylic acids is 12. The highest BCUT2D eigenvalue weighted by atomic mass is 36.0. The first-order valence-electron chi connectivity index (χ1n) is 43.3. The van der Waals surface area contributed by atoms with Gasteiger partial charge in [0.15, 0.2) is 0 Å². The third-order valence-electron chi connectivity index (χ3n) is 18.5. The topological polar surface area (TPSA) is 538 Å². The van der Waals surface area contributed by atoms with Crippen LogP contribution in [0.5, 0.6) is 0 Å². The van der Waals surface area contributed by atoms with Crippen molar-refractivity contribution in [2.45, 2.75) is 263 Å². The number of benzene rings is 4. The Kier molecular flexibility index (Phi) is 60.9. The van der Waals surface area contributed by atoms with Gasteiger partial charge in [0, 0.05) is 67.7 Å². The number of esters is 3. The lowest BCUT2D eigenvalue weighted by Crippen LogP contribution is -2.51. The van der Waals surface area contributed by atoms with Crippen molar-refractivity contribution < 1.29 is 134 Å². The molecule has 0 spiro atoms. The Bertz CT molecular complexity index is 4070. The van der Waals surface area contributed by atoms with Gasteiger partial charge in [0.1, 0.15) is 79.5 Å². The lowest BCUT2D eigenvalue weighted by molar-refractivity contribution is -0.146. The smallest absolute Gasteiger partial charge is 0.411 e. The summed E-state index contributed by atoms with van der Waals surface area (Å²) in [6, 6.07) is 32.8. The molecule has 9 amide bonds. The quantitative estimate of drug-likeness (QED) is 0.00858. The lowest BCUT2D eigenvalue weighted by Gasteiger charge is -2.28. The van der Waals surface area contributed by atoms with Gasteiger partial charge < -0.3 is 111 Å². The molecule has 13 N–H and O–H groups in total. The Balaban J connectivity index is 0.000000829. The summed E-state index contributed by atoms with van der Waals surface area (Å²) in [5.41, 5.74) is 7.30. The van der Waals surface area contributed by atoms with E-state index in [0.717, 1.165) is 68.0 Å². The Hall–Kier alpha value is -11.3. The van der Waals surface area contributed by atoms with Crippen LogP contribution in [0.2, 0.25) is 0 Å². The number of nitrogens with one attached hydrogen (secondary N) is 8. The van der Waals surface area contributed by atoms with Crippen LogP contribution in [0, 0.1) is 0 Å². The average Bonchev–Trinajstić information content (AvgIpc) is 1.69. The fourth-order valence-electron chi connectivity index (χ4n) is 12.1. The van der Waals surface area contributed by atoms with Gasteiger partial charge in [0.2, 0.25) is 21.0 Å². The molecule has 0 radical (unpaired) electrons. The summed E-state index contributed by atoms with van der Waals surface area (Å²) in [5, 5.41) is 46.6. The van der Waals surface area contributed by atoms with Gasteiger partial charge in [0.25, 0.3) is 0 Å². The maximum Gasteiger partial charge on any atom is 0.411 e. The number of nitrogens with two attached hydrogens (primary N) is 1. The summed E-state index contributed by atoms with van der Waals surface area (Å²) in [5.74, 6) is -4.10. The van der Waals surface area contributed by atoms with Gasteiger partial charge >= 0.3 is 72.5 Å². The lowest BCUT2D eigenvalue weighted by atomic mass is 10.1. The Labute approximate surface area is 784 Å². The van der Waals surface area contributed by atoms with E-state index in [0.29, 0.717) is 116 Å². The number of carboxylic acid groups (broad SMARTS) is 2. The van der Waals surface area contributed by atoms with Gasteiger partial charge in [-0.3, -0.25) is 24.2 Å². The minimum absolute atomic E-state index is 0.171. The molecule has 0 saturated carbocycles. The first kappa shape index (κ1) is 119. The SMILES string of the molecule is CC(C)(C)OC(=O)N1CCC[C@H]1C(=O)O.CC(C)(C)OC(=O)N[C@@H](CCCCNC(=O)OCc1ccccc1)C(=O)O.CO.COC(=O)[C@@H](N)CCCCNC(=O)OCc1ccccc1.COC(=O)[C@H](CCCCNC(=O)OCc1ccccc1)NC(=O)[C@@H]1CCCN1.COC(=O)[C@H](CCCCNC(=O)OCc1ccccc1)NC(=O)[C@@H]1CCCN1C(=O)OC(C)(C)C.O=S(Cl)Cl. The number of aliphatic carboxylic acids is 2. The van der Waals surface area contributed by atoms with E-state index in [1.807, 2.05) is 121 Å². The number of hydrogen-bond donors (Lipinski definition) is 12. The molecule has 740 valence electrons. The number of aliphatic hydroxyl groups is 1. The third-order valence-corrected chi connectivity index (χ3v) is 18.5. The number of carbonyl (C=O) groups is 14. The van der Waals surface area contributed by atoms with Crippen LogP contribution in [-0.4, -0.2) is 247 Å². The number of methoxy groups -OCH3 is 3. The molecule has 42 heteroatoms. The zero-order valence-corrected chi connectivity index (χ0v) is 80.1. The molecule has 3 aliphatic heterocycles. The molecule has 3 fully saturated rings. The summed E-state index contributed by atoms with van der Waals surface area (Å²) in [6.45, 7) is 19.9. The fraction of sp³-hybridized carbons (Fsp3) is 0.578. The van der Waals surface area contributed by atoms with E-state index in [1.165, 1.54) is 31.1 Å². The Morgan fingerprint density at radius 3 is 1.04 bits per heavy atom. The molecule has 0 unspecified atom stereocenters. The van der Waals surface area contributed by atoms with E-state index in [9.17, 15) is 72.2 Å². The third kappa shape index (κ3) is 57.8. The normalized spacial score (nSPS) is 14.9.